The van der Waals surface area contributed by atoms with Crippen molar-refractivity contribution >= 4 is 11.6 Å². The smallest absolute Gasteiger partial charge is 0.316 e. The fourth-order valence-corrected chi connectivity index (χ4v) is 5.15. The third-order valence-corrected chi connectivity index (χ3v) is 6.96. The Morgan fingerprint density at radius 2 is 1.76 bits per heavy atom. The third-order valence-electron chi connectivity index (χ3n) is 6.96. The van der Waals surface area contributed by atoms with Crippen molar-refractivity contribution in [1.82, 2.24) is 15.3 Å². The van der Waals surface area contributed by atoms with Gasteiger partial charge < -0.3 is 9.64 Å². The normalized spacial score (nSPS) is 20.8. The second-order valence-corrected chi connectivity index (χ2v) is 9.55. The average Bonchev–Trinajstić information content (AvgIpc) is 3.00. The summed E-state index contributed by atoms with van der Waals surface area (Å²) in [5.74, 6) is -3.62. The topological polar surface area (TPSA) is 67.3 Å². The first kappa shape index (κ1) is 25.7. The molecule has 0 radical (unpaired) electrons. The molecule has 1 aliphatic carbocycles. The molecule has 0 bridgehead atoms. The van der Waals surface area contributed by atoms with Crippen molar-refractivity contribution in [2.45, 2.75) is 32.4 Å². The van der Waals surface area contributed by atoms with Crippen LogP contribution in [-0.2, 0) is 16.9 Å². The summed E-state index contributed by atoms with van der Waals surface area (Å²) in [6.45, 7) is 3.29. The van der Waals surface area contributed by atoms with E-state index in [2.05, 4.69) is 21.4 Å². The fourth-order valence-electron chi connectivity index (χ4n) is 5.15. The predicted octanol–water partition coefficient (Wildman–Crippen LogP) is 5.05. The third kappa shape index (κ3) is 4.93. The van der Waals surface area contributed by atoms with E-state index in [-0.39, 0.29) is 36.6 Å². The summed E-state index contributed by atoms with van der Waals surface area (Å²) in [5, 5.41) is 3.42. The van der Waals surface area contributed by atoms with Crippen LogP contribution in [0.25, 0.3) is 0 Å². The largest absolute Gasteiger partial charge is 0.461 e. The summed E-state index contributed by atoms with van der Waals surface area (Å²) in [7, 11) is 0. The number of benzene rings is 2. The van der Waals surface area contributed by atoms with Crippen LogP contribution < -0.4 is 15.0 Å². The molecule has 5 rings (SSSR count). The van der Waals surface area contributed by atoms with Crippen molar-refractivity contribution in [3.63, 3.8) is 0 Å². The van der Waals surface area contributed by atoms with Gasteiger partial charge in [0.05, 0.1) is 18.6 Å². The number of halogens is 3. The second-order valence-electron chi connectivity index (χ2n) is 9.55. The van der Waals surface area contributed by atoms with E-state index >= 15 is 0 Å². The zero-order valence-corrected chi connectivity index (χ0v) is 21.0. The maximum atomic E-state index is 14.6. The molecule has 2 heterocycles. The number of allylic oxidation sites excluding steroid dienone is 3. The van der Waals surface area contributed by atoms with Gasteiger partial charge in [-0.15, -0.1) is 0 Å². The highest BCUT2D eigenvalue weighted by Gasteiger charge is 2.45. The van der Waals surface area contributed by atoms with Gasteiger partial charge in [0.2, 0.25) is 5.91 Å². The number of ether oxygens (including phenoxy) is 1. The fraction of sp³-hybridized carbons (Fsp3) is 0.276. The SMILES string of the molecule is Cc1cc(C)nc(OC[C@@]2(C3C=CC=CC3)NCC(=O)N(Cc3c(F)cc(F)cc3F)c3ccccc32)n1. The summed E-state index contributed by atoms with van der Waals surface area (Å²) in [6.07, 6.45) is 8.66. The van der Waals surface area contributed by atoms with Crippen molar-refractivity contribution in [3.05, 3.63) is 107 Å². The number of hydrogen-bond donors (Lipinski definition) is 1. The van der Waals surface area contributed by atoms with Gasteiger partial charge in [0.15, 0.2) is 0 Å². The number of hydrogen-bond acceptors (Lipinski definition) is 5. The molecule has 0 spiro atoms. The Hall–Kier alpha value is -3.98. The number of nitrogens with zero attached hydrogens (tertiary/aromatic N) is 3. The van der Waals surface area contributed by atoms with E-state index in [9.17, 15) is 18.0 Å². The van der Waals surface area contributed by atoms with Crippen molar-refractivity contribution in [2.24, 2.45) is 5.92 Å². The maximum Gasteiger partial charge on any atom is 0.316 e. The average molecular weight is 521 g/mol. The molecule has 6 nitrogen and oxygen atoms in total. The minimum absolute atomic E-state index is 0.0934. The number of para-hydroxylation sites is 1. The minimum Gasteiger partial charge on any atom is -0.461 e. The molecule has 2 aromatic carbocycles. The number of anilines is 1. The lowest BCUT2D eigenvalue weighted by Gasteiger charge is -2.40. The molecule has 0 saturated carbocycles. The Balaban J connectivity index is 1.59. The molecule has 1 amide bonds. The van der Waals surface area contributed by atoms with Gasteiger partial charge in [-0.1, -0.05) is 42.5 Å². The monoisotopic (exact) mass is 520 g/mol. The molecule has 1 unspecified atom stereocenters. The quantitative estimate of drug-likeness (QED) is 0.493. The molecule has 2 atom stereocenters. The van der Waals surface area contributed by atoms with Gasteiger partial charge in [-0.05, 0) is 32.4 Å². The molecule has 0 saturated heterocycles. The van der Waals surface area contributed by atoms with Gasteiger partial charge in [-0.25, -0.2) is 23.1 Å². The first-order valence-corrected chi connectivity index (χ1v) is 12.3. The summed E-state index contributed by atoms with van der Waals surface area (Å²) in [4.78, 5) is 23.6. The molecule has 2 aliphatic rings. The van der Waals surface area contributed by atoms with Crippen molar-refractivity contribution in [3.8, 4) is 6.01 Å². The molecular formula is C29H27F3N4O2. The van der Waals surface area contributed by atoms with E-state index in [1.807, 2.05) is 50.3 Å². The van der Waals surface area contributed by atoms with E-state index in [0.717, 1.165) is 17.0 Å². The molecule has 38 heavy (non-hydrogen) atoms. The number of carbonyl (C=O) groups excluding carboxylic acids is 1. The lowest BCUT2D eigenvalue weighted by Crippen LogP contribution is -2.53. The molecule has 3 aromatic rings. The predicted molar refractivity (Wildman–Crippen MR) is 137 cm³/mol. The van der Waals surface area contributed by atoms with E-state index in [0.29, 0.717) is 24.2 Å². The van der Waals surface area contributed by atoms with E-state index in [1.54, 1.807) is 12.1 Å². The van der Waals surface area contributed by atoms with Gasteiger partial charge >= 0.3 is 6.01 Å². The number of aryl methyl sites for hydroxylation is 2. The summed E-state index contributed by atoms with van der Waals surface area (Å²) < 4.78 is 48.9. The second kappa shape index (κ2) is 10.4. The van der Waals surface area contributed by atoms with Crippen LogP contribution in [0, 0.1) is 37.2 Å². The van der Waals surface area contributed by atoms with Crippen LogP contribution in [0.1, 0.15) is 28.9 Å². The zero-order valence-electron chi connectivity index (χ0n) is 21.0. The Morgan fingerprint density at radius 3 is 2.45 bits per heavy atom. The number of carbonyl (C=O) groups is 1. The summed E-state index contributed by atoms with van der Waals surface area (Å²) in [6, 6.07) is 10.5. The van der Waals surface area contributed by atoms with E-state index in [4.69, 9.17) is 4.74 Å². The highest BCUT2D eigenvalue weighted by atomic mass is 19.1. The minimum atomic E-state index is -1.05. The Bertz CT molecular complexity index is 1400. The zero-order chi connectivity index (χ0) is 26.9. The molecule has 9 heteroatoms. The first-order chi connectivity index (χ1) is 18.3. The van der Waals surface area contributed by atoms with Gasteiger partial charge in [-0.3, -0.25) is 10.1 Å². The van der Waals surface area contributed by atoms with Crippen LogP contribution in [-0.4, -0.2) is 29.0 Å². The number of nitrogens with one attached hydrogen (secondary N) is 1. The van der Waals surface area contributed by atoms with Crippen LogP contribution in [0.3, 0.4) is 0 Å². The first-order valence-electron chi connectivity index (χ1n) is 12.3. The Kier molecular flexibility index (Phi) is 7.03. The summed E-state index contributed by atoms with van der Waals surface area (Å²) in [5.41, 5.74) is 1.45. The van der Waals surface area contributed by atoms with Crippen molar-refractivity contribution in [1.29, 1.82) is 0 Å². The molecular weight excluding hydrogens is 493 g/mol. The van der Waals surface area contributed by atoms with E-state index in [1.165, 1.54) is 4.90 Å². The van der Waals surface area contributed by atoms with Gasteiger partial charge in [0, 0.05) is 46.3 Å². The number of fused-ring (bicyclic) bond motifs is 1. The van der Waals surface area contributed by atoms with Gasteiger partial charge in [0.1, 0.15) is 24.1 Å². The van der Waals surface area contributed by atoms with Crippen molar-refractivity contribution < 1.29 is 22.7 Å². The standard InChI is InChI=1S/C29H27F3N4O2/c1-18-12-19(2)35-28(34-18)38-17-29(20-8-4-3-5-9-20)23-10-6-7-11-26(23)36(27(37)15-33-29)16-22-24(31)13-21(30)14-25(22)32/h3-8,10-14,20,33H,9,15-17H2,1-2H3/t20?,29-/m0/s1. The van der Waals surface area contributed by atoms with Crippen LogP contribution in [0.5, 0.6) is 6.01 Å². The summed E-state index contributed by atoms with van der Waals surface area (Å²) >= 11 is 0. The Labute approximate surface area is 218 Å². The van der Waals surface area contributed by atoms with Gasteiger partial charge in [0.25, 0.3) is 0 Å². The molecule has 1 aromatic heterocycles. The number of amides is 1. The lowest BCUT2D eigenvalue weighted by atomic mass is 9.74. The van der Waals surface area contributed by atoms with Crippen LogP contribution in [0.15, 0.2) is 66.8 Å². The highest BCUT2D eigenvalue weighted by molar-refractivity contribution is 5.96. The lowest BCUT2D eigenvalue weighted by molar-refractivity contribution is -0.118. The highest BCUT2D eigenvalue weighted by Crippen LogP contribution is 2.42. The van der Waals surface area contributed by atoms with E-state index < -0.39 is 29.5 Å². The molecule has 196 valence electrons. The van der Waals surface area contributed by atoms with Gasteiger partial charge in [-0.2, -0.15) is 0 Å². The van der Waals surface area contributed by atoms with Crippen LogP contribution in [0.4, 0.5) is 18.9 Å². The molecule has 0 fully saturated rings. The van der Waals surface area contributed by atoms with Crippen molar-refractivity contribution in [2.75, 3.05) is 18.1 Å². The van der Waals surface area contributed by atoms with Crippen LogP contribution in [0.2, 0.25) is 0 Å². The Morgan fingerprint density at radius 1 is 1.05 bits per heavy atom. The number of aromatic nitrogens is 2. The maximum absolute atomic E-state index is 14.6. The number of rotatable bonds is 6. The van der Waals surface area contributed by atoms with Crippen LogP contribution >= 0.6 is 0 Å². The molecule has 1 N–H and O–H groups in total. The molecule has 1 aliphatic heterocycles.